The molecule has 1 nitrogen and oxygen atoms in total. The molecule has 0 N–H and O–H groups in total. The molecule has 2 aromatic rings. The molecule has 0 aliphatic carbocycles. The largest absolute Gasteiger partial charge is 0.234 e. The van der Waals surface area contributed by atoms with E-state index in [9.17, 15) is 0 Å². The minimum Gasteiger partial charge on any atom is -0.234 e. The second-order valence-corrected chi connectivity index (χ2v) is 4.19. The molecule has 0 spiro atoms. The summed E-state index contributed by atoms with van der Waals surface area (Å²) in [5.74, 6) is 0. The van der Waals surface area contributed by atoms with Crippen molar-refractivity contribution in [3.63, 3.8) is 0 Å². The zero-order chi connectivity index (χ0) is 9.42. The van der Waals surface area contributed by atoms with Gasteiger partial charge in [-0.1, -0.05) is 29.3 Å². The van der Waals surface area contributed by atoms with Crippen molar-refractivity contribution in [1.29, 1.82) is 0 Å². The lowest BCUT2D eigenvalue weighted by atomic mass is 10.2. The van der Waals surface area contributed by atoms with E-state index >= 15 is 0 Å². The molecule has 66 valence electrons. The van der Waals surface area contributed by atoms with Gasteiger partial charge in [0.25, 0.3) is 0 Å². The summed E-state index contributed by atoms with van der Waals surface area (Å²) in [6, 6.07) is 7.46. The lowest BCUT2D eigenvalue weighted by molar-refractivity contribution is 1.41. The van der Waals surface area contributed by atoms with Crippen molar-refractivity contribution >= 4 is 50.0 Å². The molecule has 0 amide bonds. The van der Waals surface area contributed by atoms with Crippen LogP contribution >= 0.6 is 39.1 Å². The van der Waals surface area contributed by atoms with E-state index in [0.717, 1.165) is 15.4 Å². The third-order valence-corrected chi connectivity index (χ3v) is 3.20. The summed E-state index contributed by atoms with van der Waals surface area (Å²) < 4.78 is 0.830. The molecule has 1 aromatic carbocycles. The molecule has 4 heteroatoms. The number of nitrogens with zero attached hydrogens (tertiary/aromatic N) is 1. The second kappa shape index (κ2) is 3.45. The van der Waals surface area contributed by atoms with Crippen molar-refractivity contribution < 1.29 is 0 Å². The molecule has 0 atom stereocenters. The fourth-order valence-electron chi connectivity index (χ4n) is 1.11. The zero-order valence-corrected chi connectivity index (χ0v) is 9.49. The van der Waals surface area contributed by atoms with E-state index in [0.29, 0.717) is 10.2 Å². The molecule has 0 unspecified atom stereocenters. The summed E-state index contributed by atoms with van der Waals surface area (Å²) in [5.41, 5.74) is 0.726. The summed E-state index contributed by atoms with van der Waals surface area (Å²) in [7, 11) is 0. The molecule has 0 fully saturated rings. The van der Waals surface area contributed by atoms with Gasteiger partial charge in [-0.3, -0.25) is 0 Å². The summed E-state index contributed by atoms with van der Waals surface area (Å²) in [6.45, 7) is 0. The minimum atomic E-state index is 0.451. The fraction of sp³-hybridized carbons (Fsp3) is 0. The molecule has 1 heterocycles. The smallest absolute Gasteiger partial charge is 0.129 e. The van der Waals surface area contributed by atoms with Crippen LogP contribution in [0.5, 0.6) is 0 Å². The first-order valence-electron chi connectivity index (χ1n) is 3.59. The van der Waals surface area contributed by atoms with Crippen LogP contribution in [0.1, 0.15) is 0 Å². The highest BCUT2D eigenvalue weighted by molar-refractivity contribution is 9.10. The predicted octanol–water partition coefficient (Wildman–Crippen LogP) is 4.30. The van der Waals surface area contributed by atoms with Crippen LogP contribution in [0.2, 0.25) is 10.2 Å². The maximum Gasteiger partial charge on any atom is 0.129 e. The molecular formula is C9H4BrCl2N. The van der Waals surface area contributed by atoms with Crippen LogP contribution in [-0.4, -0.2) is 4.98 Å². The number of hydrogen-bond donors (Lipinski definition) is 0. The molecular weight excluding hydrogens is 273 g/mol. The van der Waals surface area contributed by atoms with Crippen molar-refractivity contribution in [2.75, 3.05) is 0 Å². The Morgan fingerprint density at radius 1 is 1.08 bits per heavy atom. The van der Waals surface area contributed by atoms with E-state index in [1.54, 1.807) is 6.07 Å². The third kappa shape index (κ3) is 1.66. The van der Waals surface area contributed by atoms with Gasteiger partial charge in [-0.2, -0.15) is 0 Å². The van der Waals surface area contributed by atoms with Crippen LogP contribution in [0.25, 0.3) is 10.9 Å². The average Bonchev–Trinajstić information content (AvgIpc) is 2.12. The molecule has 13 heavy (non-hydrogen) atoms. The van der Waals surface area contributed by atoms with Crippen LogP contribution < -0.4 is 0 Å². The van der Waals surface area contributed by atoms with E-state index in [1.807, 2.05) is 18.2 Å². The normalized spacial score (nSPS) is 10.7. The second-order valence-electron chi connectivity index (χ2n) is 2.57. The van der Waals surface area contributed by atoms with Crippen molar-refractivity contribution in [3.8, 4) is 0 Å². The predicted molar refractivity (Wildman–Crippen MR) is 59.5 cm³/mol. The van der Waals surface area contributed by atoms with Crippen LogP contribution in [0.3, 0.4) is 0 Å². The first-order chi connectivity index (χ1) is 6.18. The molecule has 0 radical (unpaired) electrons. The summed E-state index contributed by atoms with van der Waals surface area (Å²) in [5, 5.41) is 2.03. The van der Waals surface area contributed by atoms with Gasteiger partial charge in [-0.25, -0.2) is 4.98 Å². The van der Waals surface area contributed by atoms with E-state index in [4.69, 9.17) is 23.2 Å². The maximum absolute atomic E-state index is 6.03. The first-order valence-corrected chi connectivity index (χ1v) is 5.13. The van der Waals surface area contributed by atoms with Gasteiger partial charge in [0, 0.05) is 9.86 Å². The molecule has 0 bridgehead atoms. The zero-order valence-electron chi connectivity index (χ0n) is 6.39. The van der Waals surface area contributed by atoms with Gasteiger partial charge in [0.05, 0.1) is 10.5 Å². The topological polar surface area (TPSA) is 12.9 Å². The lowest BCUT2D eigenvalue weighted by Gasteiger charge is -2.01. The van der Waals surface area contributed by atoms with E-state index in [2.05, 4.69) is 20.9 Å². The van der Waals surface area contributed by atoms with Crippen LogP contribution in [0, 0.1) is 0 Å². The van der Waals surface area contributed by atoms with Crippen molar-refractivity contribution in [2.45, 2.75) is 0 Å². The van der Waals surface area contributed by atoms with Gasteiger partial charge in [-0.15, -0.1) is 0 Å². The SMILES string of the molecule is Clc1ccc2ccc(Br)c(Cl)c2n1. The molecule has 0 aliphatic rings. The number of hydrogen-bond acceptors (Lipinski definition) is 1. The Hall–Kier alpha value is -0.310. The Kier molecular flexibility index (Phi) is 2.45. The summed E-state index contributed by atoms with van der Waals surface area (Å²) in [6.07, 6.45) is 0. The molecule has 0 aliphatic heterocycles. The Morgan fingerprint density at radius 3 is 2.54 bits per heavy atom. The standard InChI is InChI=1S/C9H4BrCl2N/c10-6-3-1-5-2-4-7(11)13-9(5)8(6)12/h1-4H. The fourth-order valence-corrected chi connectivity index (χ4v) is 1.79. The van der Waals surface area contributed by atoms with Gasteiger partial charge < -0.3 is 0 Å². The van der Waals surface area contributed by atoms with Gasteiger partial charge in [0.15, 0.2) is 0 Å². The number of rotatable bonds is 0. The average molecular weight is 277 g/mol. The van der Waals surface area contributed by atoms with Gasteiger partial charge in [-0.05, 0) is 34.1 Å². The Bertz CT molecular complexity index is 465. The van der Waals surface area contributed by atoms with Crippen LogP contribution in [0.4, 0.5) is 0 Å². The van der Waals surface area contributed by atoms with Crippen LogP contribution in [-0.2, 0) is 0 Å². The molecule has 0 saturated heterocycles. The van der Waals surface area contributed by atoms with Gasteiger partial charge in [0.1, 0.15) is 5.15 Å². The highest BCUT2D eigenvalue weighted by Crippen LogP contribution is 2.30. The van der Waals surface area contributed by atoms with Crippen molar-refractivity contribution in [1.82, 2.24) is 4.98 Å². The van der Waals surface area contributed by atoms with Crippen LogP contribution in [0.15, 0.2) is 28.7 Å². The highest BCUT2D eigenvalue weighted by Gasteiger charge is 2.04. The molecule has 1 aromatic heterocycles. The van der Waals surface area contributed by atoms with E-state index < -0.39 is 0 Å². The third-order valence-electron chi connectivity index (χ3n) is 1.72. The van der Waals surface area contributed by atoms with Crippen molar-refractivity contribution in [2.24, 2.45) is 0 Å². The van der Waals surface area contributed by atoms with Gasteiger partial charge >= 0.3 is 0 Å². The number of aromatic nitrogens is 1. The molecule has 0 saturated carbocycles. The quantitative estimate of drug-likeness (QED) is 0.654. The van der Waals surface area contributed by atoms with Gasteiger partial charge in [0.2, 0.25) is 0 Å². The highest BCUT2D eigenvalue weighted by atomic mass is 79.9. The van der Waals surface area contributed by atoms with E-state index in [-0.39, 0.29) is 0 Å². The maximum atomic E-state index is 6.03. The monoisotopic (exact) mass is 275 g/mol. The minimum absolute atomic E-state index is 0.451. The lowest BCUT2D eigenvalue weighted by Crippen LogP contribution is -1.81. The molecule has 2 rings (SSSR count). The Labute approximate surface area is 93.8 Å². The van der Waals surface area contributed by atoms with E-state index in [1.165, 1.54) is 0 Å². The Morgan fingerprint density at radius 2 is 1.77 bits per heavy atom. The Balaban J connectivity index is 2.89. The van der Waals surface area contributed by atoms with Crippen molar-refractivity contribution in [3.05, 3.63) is 38.9 Å². The summed E-state index contributed by atoms with van der Waals surface area (Å²) >= 11 is 15.1. The number of pyridine rings is 1. The number of benzene rings is 1. The number of fused-ring (bicyclic) bond motifs is 1. The first kappa shape index (κ1) is 9.25. The summed E-state index contributed by atoms with van der Waals surface area (Å²) in [4.78, 5) is 4.14. The number of halogens is 3.